The number of hydrogen-bond acceptors (Lipinski definition) is 2. The lowest BCUT2D eigenvalue weighted by atomic mass is 9.94. The summed E-state index contributed by atoms with van der Waals surface area (Å²) >= 11 is 0. The Morgan fingerprint density at radius 2 is 1.83 bits per heavy atom. The summed E-state index contributed by atoms with van der Waals surface area (Å²) in [4.78, 5) is 0. The molecule has 1 aromatic rings. The molecule has 0 heterocycles. The van der Waals surface area contributed by atoms with Crippen LogP contribution in [0.2, 0.25) is 0 Å². The molecule has 0 bridgehead atoms. The summed E-state index contributed by atoms with van der Waals surface area (Å²) < 4.78 is 10.8. The quantitative estimate of drug-likeness (QED) is 0.618. The van der Waals surface area contributed by atoms with E-state index in [1.54, 1.807) is 14.2 Å². The molecule has 0 radical (unpaired) electrons. The summed E-state index contributed by atoms with van der Waals surface area (Å²) in [5.41, 5.74) is 1.26. The van der Waals surface area contributed by atoms with E-state index in [9.17, 15) is 0 Å². The lowest BCUT2D eigenvalue weighted by molar-refractivity contribution is 0.349. The van der Waals surface area contributed by atoms with Crippen molar-refractivity contribution in [1.82, 2.24) is 0 Å². The highest BCUT2D eigenvalue weighted by Crippen LogP contribution is 2.37. The lowest BCUT2D eigenvalue weighted by Gasteiger charge is -2.17. The van der Waals surface area contributed by atoms with E-state index in [2.05, 4.69) is 19.9 Å². The van der Waals surface area contributed by atoms with Gasteiger partial charge in [-0.15, -0.1) is 0 Å². The Kier molecular flexibility index (Phi) is 6.63. The SMILES string of the molecule is CCCCCCC(C)c1cccc(OC)c1OC. The Bertz CT molecular complexity index is 347. The third-order valence-electron chi connectivity index (χ3n) is 3.46. The summed E-state index contributed by atoms with van der Waals surface area (Å²) in [6.45, 7) is 4.51. The zero-order valence-electron chi connectivity index (χ0n) is 12.2. The molecule has 0 aromatic heterocycles. The van der Waals surface area contributed by atoms with Gasteiger partial charge in [0.15, 0.2) is 11.5 Å². The molecule has 102 valence electrons. The van der Waals surface area contributed by atoms with Crippen molar-refractivity contribution in [1.29, 1.82) is 0 Å². The predicted molar refractivity (Wildman–Crippen MR) is 76.7 cm³/mol. The predicted octanol–water partition coefficient (Wildman–Crippen LogP) is 4.78. The molecule has 2 heteroatoms. The van der Waals surface area contributed by atoms with Gasteiger partial charge in [-0.05, 0) is 18.4 Å². The van der Waals surface area contributed by atoms with E-state index in [1.165, 1.54) is 37.7 Å². The molecule has 18 heavy (non-hydrogen) atoms. The van der Waals surface area contributed by atoms with Crippen LogP contribution in [0.1, 0.15) is 57.4 Å². The largest absolute Gasteiger partial charge is 0.493 e. The molecular weight excluding hydrogens is 224 g/mol. The molecular formula is C16H26O2. The van der Waals surface area contributed by atoms with Gasteiger partial charge in [0, 0.05) is 5.56 Å². The second-order valence-electron chi connectivity index (χ2n) is 4.83. The van der Waals surface area contributed by atoms with E-state index in [4.69, 9.17) is 9.47 Å². The van der Waals surface area contributed by atoms with Crippen LogP contribution in [0.25, 0.3) is 0 Å². The fourth-order valence-electron chi connectivity index (χ4n) is 2.33. The van der Waals surface area contributed by atoms with Gasteiger partial charge in [-0.25, -0.2) is 0 Å². The van der Waals surface area contributed by atoms with Crippen molar-refractivity contribution in [3.05, 3.63) is 23.8 Å². The molecule has 1 aromatic carbocycles. The molecule has 1 rings (SSSR count). The van der Waals surface area contributed by atoms with E-state index < -0.39 is 0 Å². The average molecular weight is 250 g/mol. The molecule has 0 saturated carbocycles. The fraction of sp³-hybridized carbons (Fsp3) is 0.625. The first-order chi connectivity index (χ1) is 8.74. The fourth-order valence-corrected chi connectivity index (χ4v) is 2.33. The van der Waals surface area contributed by atoms with Crippen molar-refractivity contribution < 1.29 is 9.47 Å². The van der Waals surface area contributed by atoms with Crippen molar-refractivity contribution in [2.24, 2.45) is 0 Å². The van der Waals surface area contributed by atoms with Crippen LogP contribution >= 0.6 is 0 Å². The summed E-state index contributed by atoms with van der Waals surface area (Å²) in [5, 5.41) is 0. The number of methoxy groups -OCH3 is 2. The molecule has 0 saturated heterocycles. The number of unbranched alkanes of at least 4 members (excludes halogenated alkanes) is 3. The molecule has 0 amide bonds. The van der Waals surface area contributed by atoms with Gasteiger partial charge in [0.1, 0.15) is 0 Å². The van der Waals surface area contributed by atoms with E-state index in [1.807, 2.05) is 12.1 Å². The first-order valence-corrected chi connectivity index (χ1v) is 6.95. The van der Waals surface area contributed by atoms with Crippen LogP contribution in [-0.4, -0.2) is 14.2 Å². The summed E-state index contributed by atoms with van der Waals surface area (Å²) in [6.07, 6.45) is 6.45. The molecule has 1 atom stereocenters. The van der Waals surface area contributed by atoms with E-state index in [0.717, 1.165) is 11.5 Å². The summed E-state index contributed by atoms with van der Waals surface area (Å²) in [5.74, 6) is 2.24. The van der Waals surface area contributed by atoms with Crippen LogP contribution in [0.3, 0.4) is 0 Å². The minimum absolute atomic E-state index is 0.520. The van der Waals surface area contributed by atoms with E-state index in [-0.39, 0.29) is 0 Å². The van der Waals surface area contributed by atoms with Crippen LogP contribution in [-0.2, 0) is 0 Å². The highest BCUT2D eigenvalue weighted by molar-refractivity contribution is 5.48. The van der Waals surface area contributed by atoms with Gasteiger partial charge < -0.3 is 9.47 Å². The first-order valence-electron chi connectivity index (χ1n) is 6.95. The topological polar surface area (TPSA) is 18.5 Å². The number of ether oxygens (including phenoxy) is 2. The Morgan fingerprint density at radius 1 is 1.06 bits per heavy atom. The molecule has 0 aliphatic heterocycles. The Labute approximate surface area is 111 Å². The maximum atomic E-state index is 5.49. The van der Waals surface area contributed by atoms with Gasteiger partial charge in [-0.2, -0.15) is 0 Å². The second-order valence-corrected chi connectivity index (χ2v) is 4.83. The lowest BCUT2D eigenvalue weighted by Crippen LogP contribution is -2.00. The Hall–Kier alpha value is -1.18. The zero-order chi connectivity index (χ0) is 13.4. The zero-order valence-corrected chi connectivity index (χ0v) is 12.2. The Balaban J connectivity index is 2.69. The van der Waals surface area contributed by atoms with Crippen LogP contribution < -0.4 is 9.47 Å². The highest BCUT2D eigenvalue weighted by atomic mass is 16.5. The van der Waals surface area contributed by atoms with Gasteiger partial charge in [0.05, 0.1) is 14.2 Å². The van der Waals surface area contributed by atoms with Crippen LogP contribution in [0.15, 0.2) is 18.2 Å². The number of benzene rings is 1. The maximum absolute atomic E-state index is 5.49. The number of hydrogen-bond donors (Lipinski definition) is 0. The third-order valence-corrected chi connectivity index (χ3v) is 3.46. The van der Waals surface area contributed by atoms with Crippen molar-refractivity contribution >= 4 is 0 Å². The molecule has 0 aliphatic carbocycles. The summed E-state index contributed by atoms with van der Waals surface area (Å²) in [7, 11) is 3.40. The molecule has 0 aliphatic rings. The maximum Gasteiger partial charge on any atom is 0.164 e. The van der Waals surface area contributed by atoms with Gasteiger partial charge in [-0.3, -0.25) is 0 Å². The average Bonchev–Trinajstić information content (AvgIpc) is 2.42. The van der Waals surface area contributed by atoms with Crippen LogP contribution in [0, 0.1) is 0 Å². The second kappa shape index (κ2) is 8.02. The van der Waals surface area contributed by atoms with Crippen molar-refractivity contribution in [2.45, 2.75) is 51.9 Å². The van der Waals surface area contributed by atoms with Gasteiger partial charge >= 0.3 is 0 Å². The van der Waals surface area contributed by atoms with E-state index in [0.29, 0.717) is 5.92 Å². The minimum Gasteiger partial charge on any atom is -0.493 e. The first kappa shape index (κ1) is 14.9. The molecule has 2 nitrogen and oxygen atoms in total. The van der Waals surface area contributed by atoms with Crippen molar-refractivity contribution in [2.75, 3.05) is 14.2 Å². The third kappa shape index (κ3) is 3.94. The highest BCUT2D eigenvalue weighted by Gasteiger charge is 2.14. The summed E-state index contributed by atoms with van der Waals surface area (Å²) in [6, 6.07) is 6.14. The van der Waals surface area contributed by atoms with Gasteiger partial charge in [0.25, 0.3) is 0 Å². The Morgan fingerprint density at radius 3 is 2.44 bits per heavy atom. The van der Waals surface area contributed by atoms with Crippen LogP contribution in [0.4, 0.5) is 0 Å². The van der Waals surface area contributed by atoms with E-state index >= 15 is 0 Å². The van der Waals surface area contributed by atoms with Gasteiger partial charge in [-0.1, -0.05) is 51.7 Å². The van der Waals surface area contributed by atoms with Crippen molar-refractivity contribution in [3.63, 3.8) is 0 Å². The minimum atomic E-state index is 0.520. The smallest absolute Gasteiger partial charge is 0.164 e. The number of rotatable bonds is 8. The number of para-hydroxylation sites is 1. The monoisotopic (exact) mass is 250 g/mol. The molecule has 0 N–H and O–H groups in total. The van der Waals surface area contributed by atoms with Crippen LogP contribution in [0.5, 0.6) is 11.5 Å². The standard InChI is InChI=1S/C16H26O2/c1-5-6-7-8-10-13(2)14-11-9-12-15(17-3)16(14)18-4/h9,11-13H,5-8,10H2,1-4H3. The molecule has 0 fully saturated rings. The van der Waals surface area contributed by atoms with Gasteiger partial charge in [0.2, 0.25) is 0 Å². The normalized spacial score (nSPS) is 12.2. The van der Waals surface area contributed by atoms with Crippen molar-refractivity contribution in [3.8, 4) is 11.5 Å². The molecule has 1 unspecified atom stereocenters. The molecule has 0 spiro atoms.